The van der Waals surface area contributed by atoms with E-state index in [1.807, 2.05) is 0 Å². The van der Waals surface area contributed by atoms with Gasteiger partial charge in [0, 0.05) is 5.33 Å². The van der Waals surface area contributed by atoms with Crippen molar-refractivity contribution in [2.45, 2.75) is 46.0 Å². The SMILES string of the molecule is CCCCCc1ccc(OCCCBr)c(C)c1. The average Bonchev–Trinajstić information content (AvgIpc) is 2.32. The molecular weight excluding hydrogens is 276 g/mol. The fraction of sp³-hybridized carbons (Fsp3) is 0.600. The molecule has 0 spiro atoms. The Morgan fingerprint density at radius 3 is 2.65 bits per heavy atom. The van der Waals surface area contributed by atoms with E-state index >= 15 is 0 Å². The molecule has 0 aliphatic rings. The minimum atomic E-state index is 0.793. The summed E-state index contributed by atoms with van der Waals surface area (Å²) in [5, 5.41) is 1.00. The van der Waals surface area contributed by atoms with Crippen LogP contribution in [0.5, 0.6) is 5.75 Å². The van der Waals surface area contributed by atoms with Crippen LogP contribution < -0.4 is 4.74 Å². The van der Waals surface area contributed by atoms with Crippen molar-refractivity contribution < 1.29 is 4.74 Å². The summed E-state index contributed by atoms with van der Waals surface area (Å²) < 4.78 is 5.73. The maximum Gasteiger partial charge on any atom is 0.122 e. The third kappa shape index (κ3) is 5.58. The molecule has 0 bridgehead atoms. The third-order valence-electron chi connectivity index (χ3n) is 2.84. The first-order valence-electron chi connectivity index (χ1n) is 6.56. The molecule has 0 heterocycles. The number of hydrogen-bond donors (Lipinski definition) is 0. The number of alkyl halides is 1. The fourth-order valence-electron chi connectivity index (χ4n) is 1.84. The molecule has 0 unspecified atom stereocenters. The van der Waals surface area contributed by atoms with Crippen LogP contribution in [-0.2, 0) is 6.42 Å². The molecule has 96 valence electrons. The molecular formula is C15H23BrO. The molecule has 0 saturated carbocycles. The lowest BCUT2D eigenvalue weighted by Crippen LogP contribution is -1.99. The van der Waals surface area contributed by atoms with Crippen LogP contribution >= 0.6 is 15.9 Å². The van der Waals surface area contributed by atoms with Gasteiger partial charge in [-0.1, -0.05) is 47.8 Å². The highest BCUT2D eigenvalue weighted by molar-refractivity contribution is 9.09. The largest absolute Gasteiger partial charge is 0.493 e. The summed E-state index contributed by atoms with van der Waals surface area (Å²) in [6.45, 7) is 5.17. The van der Waals surface area contributed by atoms with Gasteiger partial charge in [-0.25, -0.2) is 0 Å². The van der Waals surface area contributed by atoms with Crippen LogP contribution in [0.1, 0.15) is 43.7 Å². The summed E-state index contributed by atoms with van der Waals surface area (Å²) in [5.74, 6) is 1.03. The van der Waals surface area contributed by atoms with Crippen LogP contribution in [0, 0.1) is 6.92 Å². The first kappa shape index (κ1) is 14.6. The molecule has 0 fully saturated rings. The summed E-state index contributed by atoms with van der Waals surface area (Å²) in [6, 6.07) is 6.58. The lowest BCUT2D eigenvalue weighted by atomic mass is 10.0. The van der Waals surface area contributed by atoms with Gasteiger partial charge in [0.25, 0.3) is 0 Å². The molecule has 0 saturated heterocycles. The molecule has 0 N–H and O–H groups in total. The predicted molar refractivity (Wildman–Crippen MR) is 78.3 cm³/mol. The van der Waals surface area contributed by atoms with Gasteiger partial charge in [0.05, 0.1) is 6.61 Å². The number of aryl methyl sites for hydroxylation is 2. The topological polar surface area (TPSA) is 9.23 Å². The van der Waals surface area contributed by atoms with E-state index in [-0.39, 0.29) is 0 Å². The van der Waals surface area contributed by atoms with Gasteiger partial charge in [-0.2, -0.15) is 0 Å². The smallest absolute Gasteiger partial charge is 0.122 e. The standard InChI is InChI=1S/C15H23BrO/c1-3-4-5-7-14-8-9-15(13(2)12-14)17-11-6-10-16/h8-9,12H,3-7,10-11H2,1-2H3. The molecule has 1 nitrogen and oxygen atoms in total. The Kier molecular flexibility index (Phi) is 7.34. The molecule has 0 radical (unpaired) electrons. The summed E-state index contributed by atoms with van der Waals surface area (Å²) in [6.07, 6.45) is 6.14. The quantitative estimate of drug-likeness (QED) is 0.490. The maximum absolute atomic E-state index is 5.73. The molecule has 0 amide bonds. The van der Waals surface area contributed by atoms with E-state index in [1.54, 1.807) is 0 Å². The highest BCUT2D eigenvalue weighted by atomic mass is 79.9. The molecule has 0 aliphatic carbocycles. The second-order valence-corrected chi connectivity index (χ2v) is 5.24. The van der Waals surface area contributed by atoms with Crippen molar-refractivity contribution >= 4 is 15.9 Å². The Labute approximate surface area is 114 Å². The number of ether oxygens (including phenoxy) is 1. The van der Waals surface area contributed by atoms with Gasteiger partial charge in [-0.15, -0.1) is 0 Å². The molecule has 1 aromatic carbocycles. The minimum absolute atomic E-state index is 0.793. The fourth-order valence-corrected chi connectivity index (χ4v) is 2.07. The van der Waals surface area contributed by atoms with Gasteiger partial charge in [-0.05, 0) is 43.4 Å². The van der Waals surface area contributed by atoms with Crippen LogP contribution in [0.3, 0.4) is 0 Å². The number of benzene rings is 1. The van der Waals surface area contributed by atoms with E-state index in [9.17, 15) is 0 Å². The molecule has 0 aromatic heterocycles. The maximum atomic E-state index is 5.73. The summed E-state index contributed by atoms with van der Waals surface area (Å²) in [5.41, 5.74) is 2.69. The lowest BCUT2D eigenvalue weighted by molar-refractivity contribution is 0.317. The monoisotopic (exact) mass is 298 g/mol. The van der Waals surface area contributed by atoms with Gasteiger partial charge >= 0.3 is 0 Å². The zero-order chi connectivity index (χ0) is 12.5. The summed E-state index contributed by atoms with van der Waals surface area (Å²) >= 11 is 3.41. The van der Waals surface area contributed by atoms with E-state index in [4.69, 9.17) is 4.74 Å². The Bertz CT molecular complexity index is 323. The van der Waals surface area contributed by atoms with Crippen LogP contribution in [0.2, 0.25) is 0 Å². The Morgan fingerprint density at radius 1 is 1.18 bits per heavy atom. The first-order valence-corrected chi connectivity index (χ1v) is 7.68. The Hall–Kier alpha value is -0.500. The van der Waals surface area contributed by atoms with Crippen LogP contribution in [0.4, 0.5) is 0 Å². The van der Waals surface area contributed by atoms with Gasteiger partial charge in [0.15, 0.2) is 0 Å². The van der Waals surface area contributed by atoms with Crippen LogP contribution in [0.25, 0.3) is 0 Å². The van der Waals surface area contributed by atoms with Crippen molar-refractivity contribution in [1.82, 2.24) is 0 Å². The van der Waals surface area contributed by atoms with E-state index in [0.717, 1.165) is 24.1 Å². The number of rotatable bonds is 8. The minimum Gasteiger partial charge on any atom is -0.493 e. The van der Waals surface area contributed by atoms with Crippen LogP contribution in [0.15, 0.2) is 18.2 Å². The zero-order valence-corrected chi connectivity index (χ0v) is 12.6. The van der Waals surface area contributed by atoms with Crippen molar-refractivity contribution in [3.63, 3.8) is 0 Å². The number of unbranched alkanes of at least 4 members (excludes halogenated alkanes) is 2. The van der Waals surface area contributed by atoms with E-state index in [0.29, 0.717) is 0 Å². The second-order valence-electron chi connectivity index (χ2n) is 4.45. The normalized spacial score (nSPS) is 10.5. The van der Waals surface area contributed by atoms with Gasteiger partial charge < -0.3 is 4.74 Å². The molecule has 1 rings (SSSR count). The summed E-state index contributed by atoms with van der Waals surface area (Å²) in [4.78, 5) is 0. The van der Waals surface area contributed by atoms with E-state index < -0.39 is 0 Å². The lowest BCUT2D eigenvalue weighted by Gasteiger charge is -2.10. The van der Waals surface area contributed by atoms with Crippen molar-refractivity contribution in [2.75, 3.05) is 11.9 Å². The molecule has 0 atom stereocenters. The molecule has 1 aromatic rings. The molecule has 0 aliphatic heterocycles. The van der Waals surface area contributed by atoms with Gasteiger partial charge in [-0.3, -0.25) is 0 Å². The van der Waals surface area contributed by atoms with E-state index in [1.165, 1.54) is 36.8 Å². The second kappa shape index (κ2) is 8.57. The Morgan fingerprint density at radius 2 is 2.00 bits per heavy atom. The first-order chi connectivity index (χ1) is 8.27. The van der Waals surface area contributed by atoms with E-state index in [2.05, 4.69) is 48.0 Å². The van der Waals surface area contributed by atoms with Crippen molar-refractivity contribution in [1.29, 1.82) is 0 Å². The third-order valence-corrected chi connectivity index (χ3v) is 3.40. The van der Waals surface area contributed by atoms with Crippen molar-refractivity contribution in [3.05, 3.63) is 29.3 Å². The highest BCUT2D eigenvalue weighted by Gasteiger charge is 2.01. The zero-order valence-electron chi connectivity index (χ0n) is 11.0. The summed E-state index contributed by atoms with van der Waals surface area (Å²) in [7, 11) is 0. The molecule has 2 heteroatoms. The molecule has 17 heavy (non-hydrogen) atoms. The Balaban J connectivity index is 2.47. The van der Waals surface area contributed by atoms with Crippen molar-refractivity contribution in [3.8, 4) is 5.75 Å². The van der Waals surface area contributed by atoms with Crippen molar-refractivity contribution in [2.24, 2.45) is 0 Å². The average molecular weight is 299 g/mol. The van der Waals surface area contributed by atoms with Gasteiger partial charge in [0.2, 0.25) is 0 Å². The van der Waals surface area contributed by atoms with Crippen LogP contribution in [-0.4, -0.2) is 11.9 Å². The number of hydrogen-bond acceptors (Lipinski definition) is 1. The predicted octanol–water partition coefficient (Wildman–Crippen LogP) is 4.89. The number of halogens is 1. The highest BCUT2D eigenvalue weighted by Crippen LogP contribution is 2.20. The van der Waals surface area contributed by atoms with Gasteiger partial charge in [0.1, 0.15) is 5.75 Å².